The van der Waals surface area contributed by atoms with Gasteiger partial charge < -0.3 is 10.3 Å². The number of fused-ring (bicyclic) bond motifs is 1. The molecule has 2 aromatic heterocycles. The maximum atomic E-state index is 12.9. The summed E-state index contributed by atoms with van der Waals surface area (Å²) in [5.74, 6) is -0.450. The maximum absolute atomic E-state index is 12.9. The fourth-order valence-corrected chi connectivity index (χ4v) is 1.93. The first-order valence-corrected chi connectivity index (χ1v) is 4.91. The van der Waals surface area contributed by atoms with Crippen molar-refractivity contribution in [3.63, 3.8) is 0 Å². The minimum Gasteiger partial charge on any atom is -0.390 e. The van der Waals surface area contributed by atoms with E-state index in [0.29, 0.717) is 5.65 Å². The van der Waals surface area contributed by atoms with E-state index < -0.39 is 5.95 Å². The van der Waals surface area contributed by atoms with Crippen LogP contribution in [0.4, 0.5) is 4.39 Å². The Bertz CT molecular complexity index is 542. The van der Waals surface area contributed by atoms with Gasteiger partial charge in [0.15, 0.2) is 0 Å². The number of nitrogens with zero attached hydrogens (tertiary/aromatic N) is 1. The van der Waals surface area contributed by atoms with Gasteiger partial charge in [-0.1, -0.05) is 0 Å². The second-order valence-corrected chi connectivity index (χ2v) is 3.61. The predicted molar refractivity (Wildman–Crippen MR) is 56.6 cm³/mol. The molecule has 76 valence electrons. The third-order valence-electron chi connectivity index (χ3n) is 2.67. The average molecular weight is 203 g/mol. The molecule has 1 aliphatic rings. The van der Waals surface area contributed by atoms with Gasteiger partial charge in [0.2, 0.25) is 5.95 Å². The zero-order valence-electron chi connectivity index (χ0n) is 8.05. The van der Waals surface area contributed by atoms with Crippen LogP contribution in [0.5, 0.6) is 0 Å². The molecule has 0 fully saturated rings. The summed E-state index contributed by atoms with van der Waals surface area (Å²) in [5.41, 5.74) is 2.97. The largest absolute Gasteiger partial charge is 0.390 e. The molecule has 2 N–H and O–H groups in total. The summed E-state index contributed by atoms with van der Waals surface area (Å²) in [4.78, 5) is 6.78. The molecule has 0 aromatic carbocycles. The van der Waals surface area contributed by atoms with Crippen LogP contribution in [0.25, 0.3) is 16.6 Å². The number of aromatic amines is 1. The van der Waals surface area contributed by atoms with Crippen molar-refractivity contribution >= 4 is 16.6 Å². The fourth-order valence-electron chi connectivity index (χ4n) is 1.93. The zero-order valence-corrected chi connectivity index (χ0v) is 8.05. The van der Waals surface area contributed by atoms with E-state index in [9.17, 15) is 4.39 Å². The zero-order chi connectivity index (χ0) is 10.3. The molecule has 0 radical (unpaired) electrons. The molecule has 0 bridgehead atoms. The molecule has 3 heterocycles. The molecule has 3 rings (SSSR count). The lowest BCUT2D eigenvalue weighted by atomic mass is 10.1. The van der Waals surface area contributed by atoms with Gasteiger partial charge in [-0.15, -0.1) is 0 Å². The Labute approximate surface area is 86.0 Å². The highest BCUT2D eigenvalue weighted by Gasteiger charge is 2.12. The lowest BCUT2D eigenvalue weighted by molar-refractivity contribution is 0.588. The maximum Gasteiger partial charge on any atom is 0.214 e. The van der Waals surface area contributed by atoms with Crippen LogP contribution in [0.15, 0.2) is 24.5 Å². The van der Waals surface area contributed by atoms with Crippen LogP contribution in [-0.2, 0) is 0 Å². The van der Waals surface area contributed by atoms with Gasteiger partial charge in [-0.05, 0) is 24.1 Å². The molecule has 4 heteroatoms. The number of hydrogen-bond donors (Lipinski definition) is 2. The van der Waals surface area contributed by atoms with Crippen molar-refractivity contribution < 1.29 is 4.39 Å². The molecule has 0 unspecified atom stereocenters. The van der Waals surface area contributed by atoms with Gasteiger partial charge in [-0.3, -0.25) is 0 Å². The first-order chi connectivity index (χ1) is 7.34. The number of H-pyrrole nitrogens is 1. The number of halogens is 1. The first-order valence-electron chi connectivity index (χ1n) is 4.91. The quantitative estimate of drug-likeness (QED) is 0.696. The second-order valence-electron chi connectivity index (χ2n) is 3.61. The van der Waals surface area contributed by atoms with Crippen molar-refractivity contribution in [2.24, 2.45) is 0 Å². The van der Waals surface area contributed by atoms with E-state index in [4.69, 9.17) is 0 Å². The molecule has 15 heavy (non-hydrogen) atoms. The highest BCUT2D eigenvalue weighted by Crippen LogP contribution is 2.27. The van der Waals surface area contributed by atoms with E-state index in [1.807, 2.05) is 12.4 Å². The van der Waals surface area contributed by atoms with Crippen LogP contribution in [0, 0.1) is 5.95 Å². The standard InChI is InChI=1S/C11H10FN3/c12-10-2-1-8-9(6-14-11(8)15-10)7-3-4-13-5-7/h1-2,5-6,13H,3-4H2,(H,14,15). The van der Waals surface area contributed by atoms with Crippen LogP contribution >= 0.6 is 0 Å². The van der Waals surface area contributed by atoms with Gasteiger partial charge in [0.25, 0.3) is 0 Å². The summed E-state index contributed by atoms with van der Waals surface area (Å²) in [6, 6.07) is 3.16. The van der Waals surface area contributed by atoms with E-state index >= 15 is 0 Å². The fraction of sp³-hybridized carbons (Fsp3) is 0.182. The predicted octanol–water partition coefficient (Wildman–Crippen LogP) is 2.04. The average Bonchev–Trinajstić information content (AvgIpc) is 2.82. The van der Waals surface area contributed by atoms with Crippen LogP contribution < -0.4 is 5.32 Å². The summed E-state index contributed by atoms with van der Waals surface area (Å²) in [6.45, 7) is 0.969. The molecular weight excluding hydrogens is 193 g/mol. The van der Waals surface area contributed by atoms with Crippen molar-refractivity contribution in [1.82, 2.24) is 15.3 Å². The van der Waals surface area contributed by atoms with Crippen molar-refractivity contribution in [2.45, 2.75) is 6.42 Å². The van der Waals surface area contributed by atoms with E-state index in [2.05, 4.69) is 15.3 Å². The Balaban J connectivity index is 2.19. The van der Waals surface area contributed by atoms with Crippen LogP contribution in [0.3, 0.4) is 0 Å². The van der Waals surface area contributed by atoms with E-state index in [1.54, 1.807) is 6.07 Å². The van der Waals surface area contributed by atoms with Gasteiger partial charge in [0, 0.05) is 29.9 Å². The second kappa shape index (κ2) is 3.08. The lowest BCUT2D eigenvalue weighted by Gasteiger charge is -1.97. The Morgan fingerprint density at radius 2 is 2.27 bits per heavy atom. The summed E-state index contributed by atoms with van der Waals surface area (Å²) in [6.07, 6.45) is 4.90. The summed E-state index contributed by atoms with van der Waals surface area (Å²) in [7, 11) is 0. The van der Waals surface area contributed by atoms with E-state index in [-0.39, 0.29) is 0 Å². The third-order valence-corrected chi connectivity index (χ3v) is 2.67. The van der Waals surface area contributed by atoms with Gasteiger partial charge in [0.1, 0.15) is 5.65 Å². The molecule has 0 saturated carbocycles. The van der Waals surface area contributed by atoms with Crippen molar-refractivity contribution in [3.8, 4) is 0 Å². The number of nitrogens with one attached hydrogen (secondary N) is 2. The van der Waals surface area contributed by atoms with Crippen LogP contribution in [0.2, 0.25) is 0 Å². The lowest BCUT2D eigenvalue weighted by Crippen LogP contribution is -1.96. The summed E-state index contributed by atoms with van der Waals surface area (Å²) >= 11 is 0. The summed E-state index contributed by atoms with van der Waals surface area (Å²) in [5, 5.41) is 4.14. The molecule has 0 saturated heterocycles. The molecule has 0 spiro atoms. The van der Waals surface area contributed by atoms with Gasteiger partial charge in [0.05, 0.1) is 0 Å². The minimum atomic E-state index is -0.450. The molecule has 2 aromatic rings. The van der Waals surface area contributed by atoms with Crippen LogP contribution in [0.1, 0.15) is 12.0 Å². The Kier molecular flexibility index (Phi) is 1.74. The first kappa shape index (κ1) is 8.47. The normalized spacial score (nSPS) is 15.4. The van der Waals surface area contributed by atoms with Gasteiger partial charge in [-0.2, -0.15) is 4.39 Å². The molecule has 3 nitrogen and oxygen atoms in total. The van der Waals surface area contributed by atoms with Crippen molar-refractivity contribution in [3.05, 3.63) is 36.0 Å². The molecule has 0 amide bonds. The molecular formula is C11H10FN3. The topological polar surface area (TPSA) is 40.7 Å². The smallest absolute Gasteiger partial charge is 0.214 e. The van der Waals surface area contributed by atoms with Crippen LogP contribution in [-0.4, -0.2) is 16.5 Å². The van der Waals surface area contributed by atoms with Crippen molar-refractivity contribution in [1.29, 1.82) is 0 Å². The third kappa shape index (κ3) is 1.29. The number of aromatic nitrogens is 2. The number of pyridine rings is 1. The Morgan fingerprint density at radius 1 is 1.33 bits per heavy atom. The highest BCUT2D eigenvalue weighted by atomic mass is 19.1. The molecule has 0 aliphatic carbocycles. The SMILES string of the molecule is Fc1ccc2c(C3=CNCC3)c[nH]c2n1. The number of rotatable bonds is 1. The van der Waals surface area contributed by atoms with E-state index in [0.717, 1.165) is 23.9 Å². The Morgan fingerprint density at radius 3 is 3.07 bits per heavy atom. The minimum absolute atomic E-state index is 0.450. The van der Waals surface area contributed by atoms with Gasteiger partial charge >= 0.3 is 0 Å². The Hall–Kier alpha value is -1.84. The monoisotopic (exact) mass is 203 g/mol. The van der Waals surface area contributed by atoms with Crippen molar-refractivity contribution in [2.75, 3.05) is 6.54 Å². The molecule has 0 atom stereocenters. The van der Waals surface area contributed by atoms with Gasteiger partial charge in [-0.25, -0.2) is 4.98 Å². The van der Waals surface area contributed by atoms with E-state index in [1.165, 1.54) is 11.6 Å². The number of hydrogen-bond acceptors (Lipinski definition) is 2. The highest BCUT2D eigenvalue weighted by molar-refractivity contribution is 5.90. The molecule has 1 aliphatic heterocycles. The summed E-state index contributed by atoms with van der Waals surface area (Å²) < 4.78 is 12.9.